The molecule has 102 valence electrons. The van der Waals surface area contributed by atoms with Crippen molar-refractivity contribution in [1.82, 2.24) is 15.5 Å². The van der Waals surface area contributed by atoms with E-state index in [1.807, 2.05) is 11.8 Å². The van der Waals surface area contributed by atoms with Crippen molar-refractivity contribution in [3.05, 3.63) is 0 Å². The minimum atomic E-state index is -0.300. The summed E-state index contributed by atoms with van der Waals surface area (Å²) >= 11 is 0. The van der Waals surface area contributed by atoms with Gasteiger partial charge in [-0.25, -0.2) is 0 Å². The molecule has 2 fully saturated rings. The highest BCUT2D eigenvalue weighted by Crippen LogP contribution is 2.29. The standard InChI is InChI=1S/C13H23N3O2/c1-2-13(5-6-14-10-13)12(18)15-9-11(17)16-7-3-4-8-16/h14H,2-10H2,1H3,(H,15,18). The molecule has 0 saturated carbocycles. The lowest BCUT2D eigenvalue weighted by Crippen LogP contribution is -2.46. The Labute approximate surface area is 108 Å². The average molecular weight is 253 g/mol. The van der Waals surface area contributed by atoms with E-state index >= 15 is 0 Å². The van der Waals surface area contributed by atoms with E-state index < -0.39 is 0 Å². The maximum absolute atomic E-state index is 12.2. The van der Waals surface area contributed by atoms with E-state index in [4.69, 9.17) is 0 Å². The predicted molar refractivity (Wildman–Crippen MR) is 69.0 cm³/mol. The van der Waals surface area contributed by atoms with Crippen LogP contribution in [0.1, 0.15) is 32.6 Å². The molecule has 1 atom stereocenters. The Bertz CT molecular complexity index is 318. The molecule has 2 heterocycles. The zero-order valence-corrected chi connectivity index (χ0v) is 11.1. The fourth-order valence-corrected chi connectivity index (χ4v) is 2.82. The van der Waals surface area contributed by atoms with Crippen molar-refractivity contribution in [3.63, 3.8) is 0 Å². The summed E-state index contributed by atoms with van der Waals surface area (Å²) in [6, 6.07) is 0. The molecular weight excluding hydrogens is 230 g/mol. The Kier molecular flexibility index (Phi) is 4.22. The third-order valence-corrected chi connectivity index (χ3v) is 4.26. The number of nitrogens with one attached hydrogen (secondary N) is 2. The van der Waals surface area contributed by atoms with Crippen LogP contribution in [0.2, 0.25) is 0 Å². The largest absolute Gasteiger partial charge is 0.347 e. The van der Waals surface area contributed by atoms with Gasteiger partial charge in [0.2, 0.25) is 11.8 Å². The van der Waals surface area contributed by atoms with Crippen molar-refractivity contribution in [2.75, 3.05) is 32.7 Å². The van der Waals surface area contributed by atoms with Crippen LogP contribution in [0.25, 0.3) is 0 Å². The Morgan fingerprint density at radius 3 is 2.61 bits per heavy atom. The first kappa shape index (κ1) is 13.3. The van der Waals surface area contributed by atoms with Gasteiger partial charge in [0.1, 0.15) is 0 Å². The summed E-state index contributed by atoms with van der Waals surface area (Å²) < 4.78 is 0. The van der Waals surface area contributed by atoms with Crippen molar-refractivity contribution in [2.45, 2.75) is 32.6 Å². The van der Waals surface area contributed by atoms with Crippen molar-refractivity contribution in [1.29, 1.82) is 0 Å². The molecule has 5 heteroatoms. The molecule has 2 rings (SSSR count). The molecular formula is C13H23N3O2. The molecule has 5 nitrogen and oxygen atoms in total. The van der Waals surface area contributed by atoms with Crippen LogP contribution in [0.15, 0.2) is 0 Å². The molecule has 2 aliphatic heterocycles. The predicted octanol–water partition coefficient (Wildman–Crippen LogP) is 0.115. The first-order valence-electron chi connectivity index (χ1n) is 6.95. The maximum Gasteiger partial charge on any atom is 0.241 e. The molecule has 2 N–H and O–H groups in total. The molecule has 0 radical (unpaired) electrons. The summed E-state index contributed by atoms with van der Waals surface area (Å²) in [5, 5.41) is 6.05. The third-order valence-electron chi connectivity index (χ3n) is 4.26. The van der Waals surface area contributed by atoms with E-state index in [9.17, 15) is 9.59 Å². The lowest BCUT2D eigenvalue weighted by atomic mass is 9.83. The van der Waals surface area contributed by atoms with Crippen LogP contribution in [0, 0.1) is 5.41 Å². The second kappa shape index (κ2) is 5.69. The van der Waals surface area contributed by atoms with Crippen LogP contribution in [0.3, 0.4) is 0 Å². The van der Waals surface area contributed by atoms with Crippen LogP contribution in [0.4, 0.5) is 0 Å². The van der Waals surface area contributed by atoms with Crippen LogP contribution in [0.5, 0.6) is 0 Å². The zero-order chi connectivity index (χ0) is 13.0. The number of amides is 2. The second-order valence-electron chi connectivity index (χ2n) is 5.33. The average Bonchev–Trinajstić information content (AvgIpc) is 3.06. The van der Waals surface area contributed by atoms with E-state index in [2.05, 4.69) is 10.6 Å². The Balaban J connectivity index is 1.81. The number of carbonyl (C=O) groups excluding carboxylic acids is 2. The minimum Gasteiger partial charge on any atom is -0.347 e. The number of rotatable bonds is 4. The molecule has 18 heavy (non-hydrogen) atoms. The molecule has 0 bridgehead atoms. The SMILES string of the molecule is CCC1(C(=O)NCC(=O)N2CCCC2)CCNC1. The second-order valence-corrected chi connectivity index (χ2v) is 5.33. The van der Waals surface area contributed by atoms with Gasteiger partial charge in [-0.15, -0.1) is 0 Å². The summed E-state index contributed by atoms with van der Waals surface area (Å²) in [5.41, 5.74) is -0.300. The van der Waals surface area contributed by atoms with E-state index in [1.54, 1.807) is 0 Å². The van der Waals surface area contributed by atoms with Gasteiger partial charge in [0.15, 0.2) is 0 Å². The van der Waals surface area contributed by atoms with E-state index in [1.165, 1.54) is 0 Å². The summed E-state index contributed by atoms with van der Waals surface area (Å²) in [6.07, 6.45) is 3.86. The number of likely N-dealkylation sites (tertiary alicyclic amines) is 1. The first-order valence-corrected chi connectivity index (χ1v) is 6.95. The lowest BCUT2D eigenvalue weighted by molar-refractivity contribution is -0.135. The van der Waals surface area contributed by atoms with Gasteiger partial charge in [-0.3, -0.25) is 9.59 Å². The topological polar surface area (TPSA) is 61.4 Å². The Hall–Kier alpha value is -1.10. The van der Waals surface area contributed by atoms with E-state index in [0.29, 0.717) is 0 Å². The summed E-state index contributed by atoms with van der Waals surface area (Å²) in [7, 11) is 0. The van der Waals surface area contributed by atoms with Crippen LogP contribution in [-0.4, -0.2) is 49.4 Å². The highest BCUT2D eigenvalue weighted by molar-refractivity contribution is 5.88. The number of carbonyl (C=O) groups is 2. The molecule has 1 unspecified atom stereocenters. The van der Waals surface area contributed by atoms with Crippen molar-refractivity contribution in [3.8, 4) is 0 Å². The summed E-state index contributed by atoms with van der Waals surface area (Å²) in [5.74, 6) is 0.0839. The molecule has 2 amide bonds. The summed E-state index contributed by atoms with van der Waals surface area (Å²) in [4.78, 5) is 25.9. The third kappa shape index (κ3) is 2.66. The molecule has 2 saturated heterocycles. The van der Waals surface area contributed by atoms with Gasteiger partial charge in [-0.1, -0.05) is 6.92 Å². The van der Waals surface area contributed by atoms with Crippen molar-refractivity contribution < 1.29 is 9.59 Å². The zero-order valence-electron chi connectivity index (χ0n) is 11.1. The lowest BCUT2D eigenvalue weighted by Gasteiger charge is -2.25. The van der Waals surface area contributed by atoms with Crippen LogP contribution in [-0.2, 0) is 9.59 Å². The van der Waals surface area contributed by atoms with E-state index in [0.717, 1.165) is 51.9 Å². The number of hydrogen-bond donors (Lipinski definition) is 2. The highest BCUT2D eigenvalue weighted by atomic mass is 16.2. The number of hydrogen-bond acceptors (Lipinski definition) is 3. The smallest absolute Gasteiger partial charge is 0.241 e. The van der Waals surface area contributed by atoms with Gasteiger partial charge in [-0.2, -0.15) is 0 Å². The van der Waals surface area contributed by atoms with Crippen molar-refractivity contribution >= 4 is 11.8 Å². The van der Waals surface area contributed by atoms with Gasteiger partial charge >= 0.3 is 0 Å². The highest BCUT2D eigenvalue weighted by Gasteiger charge is 2.39. The fraction of sp³-hybridized carbons (Fsp3) is 0.846. The van der Waals surface area contributed by atoms with E-state index in [-0.39, 0.29) is 23.8 Å². The molecule has 0 aliphatic carbocycles. The van der Waals surface area contributed by atoms with Gasteiger partial charge in [0.05, 0.1) is 12.0 Å². The molecule has 2 aliphatic rings. The molecule has 0 aromatic rings. The van der Waals surface area contributed by atoms with Gasteiger partial charge < -0.3 is 15.5 Å². The van der Waals surface area contributed by atoms with Crippen LogP contribution >= 0.6 is 0 Å². The Morgan fingerprint density at radius 2 is 2.06 bits per heavy atom. The monoisotopic (exact) mass is 253 g/mol. The normalized spacial score (nSPS) is 27.5. The minimum absolute atomic E-state index is 0.0301. The molecule has 0 spiro atoms. The molecule has 0 aromatic carbocycles. The maximum atomic E-state index is 12.2. The Morgan fingerprint density at radius 1 is 1.33 bits per heavy atom. The molecule has 0 aromatic heterocycles. The van der Waals surface area contributed by atoms with Crippen molar-refractivity contribution in [2.24, 2.45) is 5.41 Å². The summed E-state index contributed by atoms with van der Waals surface area (Å²) in [6.45, 7) is 5.49. The fourth-order valence-electron chi connectivity index (χ4n) is 2.82. The quantitative estimate of drug-likeness (QED) is 0.748. The van der Waals surface area contributed by atoms with Gasteiger partial charge in [0, 0.05) is 19.6 Å². The first-order chi connectivity index (χ1) is 8.68. The van der Waals surface area contributed by atoms with Gasteiger partial charge in [0.25, 0.3) is 0 Å². The van der Waals surface area contributed by atoms with Crippen LogP contribution < -0.4 is 10.6 Å². The number of nitrogens with zero attached hydrogens (tertiary/aromatic N) is 1. The van der Waals surface area contributed by atoms with Gasteiger partial charge in [-0.05, 0) is 32.2 Å².